The van der Waals surface area contributed by atoms with Crippen LogP contribution < -0.4 is 0 Å². The first-order valence-electron chi connectivity index (χ1n) is 19.8. The number of aliphatic hydroxyl groups is 1. The molecular formula is C49H60IrNO4-. The number of aromatic nitrogens is 1. The molecule has 0 aliphatic carbocycles. The summed E-state index contributed by atoms with van der Waals surface area (Å²) in [6.45, 7) is 25.3. The van der Waals surface area contributed by atoms with Crippen molar-refractivity contribution in [2.24, 2.45) is 16.7 Å². The number of ketones is 1. The molecule has 6 heteroatoms. The minimum Gasteiger partial charge on any atom is -0.512 e. The number of carbonyl (C=O) groups excluding carboxylic acids is 1. The Kier molecular flexibility index (Phi) is 13.9. The molecule has 0 saturated heterocycles. The van der Waals surface area contributed by atoms with Gasteiger partial charge >= 0.3 is 0 Å². The van der Waals surface area contributed by atoms with Crippen LogP contribution in [0.3, 0.4) is 0 Å². The van der Waals surface area contributed by atoms with Gasteiger partial charge in [0.1, 0.15) is 28.4 Å². The van der Waals surface area contributed by atoms with Crippen molar-refractivity contribution in [3.8, 4) is 22.6 Å². The van der Waals surface area contributed by atoms with E-state index in [1.54, 1.807) is 0 Å². The molecule has 55 heavy (non-hydrogen) atoms. The van der Waals surface area contributed by atoms with Crippen LogP contribution in [0.15, 0.2) is 87.5 Å². The van der Waals surface area contributed by atoms with Gasteiger partial charge in [0, 0.05) is 59.7 Å². The molecule has 5 nitrogen and oxygen atoms in total. The predicted octanol–water partition coefficient (Wildman–Crippen LogP) is 14.3. The molecule has 0 amide bonds. The Morgan fingerprint density at radius 1 is 0.818 bits per heavy atom. The number of hydrogen-bond acceptors (Lipinski definition) is 5. The maximum Gasteiger partial charge on any atom is 0.164 e. The normalized spacial score (nSPS) is 12.6. The second-order valence-corrected chi connectivity index (χ2v) is 17.0. The van der Waals surface area contributed by atoms with Crippen molar-refractivity contribution in [3.63, 3.8) is 0 Å². The van der Waals surface area contributed by atoms with E-state index in [9.17, 15) is 9.90 Å². The Morgan fingerprint density at radius 3 is 2.07 bits per heavy atom. The Morgan fingerprint density at radius 2 is 1.45 bits per heavy atom. The topological polar surface area (TPSA) is 76.5 Å². The average Bonchev–Trinajstić information content (AvgIpc) is 3.72. The molecule has 0 aliphatic rings. The molecule has 0 saturated carbocycles. The maximum absolute atomic E-state index is 12.2. The summed E-state index contributed by atoms with van der Waals surface area (Å²) < 4.78 is 12.6. The zero-order valence-corrected chi connectivity index (χ0v) is 37.4. The first-order valence-corrected chi connectivity index (χ1v) is 19.8. The van der Waals surface area contributed by atoms with Gasteiger partial charge in [-0.15, -0.1) is 29.1 Å². The smallest absolute Gasteiger partial charge is 0.164 e. The molecule has 0 bridgehead atoms. The summed E-state index contributed by atoms with van der Waals surface area (Å²) in [6, 6.07) is 24.9. The van der Waals surface area contributed by atoms with Gasteiger partial charge in [-0.3, -0.25) is 9.78 Å². The Hall–Kier alpha value is -3.99. The fourth-order valence-electron chi connectivity index (χ4n) is 7.13. The van der Waals surface area contributed by atoms with Crippen LogP contribution in [0.4, 0.5) is 0 Å². The third-order valence-electron chi connectivity index (χ3n) is 11.7. The van der Waals surface area contributed by atoms with E-state index in [1.807, 2.05) is 60.7 Å². The van der Waals surface area contributed by atoms with Crippen LogP contribution in [-0.2, 0) is 36.7 Å². The number of allylic oxidation sites excluding steroid dienone is 2. The van der Waals surface area contributed by atoms with E-state index in [4.69, 9.17) is 13.8 Å². The van der Waals surface area contributed by atoms with Crippen molar-refractivity contribution in [2.75, 3.05) is 0 Å². The number of aryl methyl sites for hydroxylation is 1. The van der Waals surface area contributed by atoms with Crippen LogP contribution in [0.2, 0.25) is 0 Å². The summed E-state index contributed by atoms with van der Waals surface area (Å²) in [4.78, 5) is 17.0. The van der Waals surface area contributed by atoms with E-state index in [-0.39, 0.29) is 47.9 Å². The zero-order chi connectivity index (χ0) is 39.6. The monoisotopic (exact) mass is 919 g/mol. The second-order valence-electron chi connectivity index (χ2n) is 17.0. The van der Waals surface area contributed by atoms with Crippen LogP contribution in [0.1, 0.15) is 119 Å². The van der Waals surface area contributed by atoms with Crippen molar-refractivity contribution >= 4 is 38.5 Å². The number of benzene rings is 3. The standard InChI is InChI=1S/C34H32NO2.C15H28O2.Ir/c1-20(2)15-22-11-12-29-26(16-22)32(21(3)36-29)31-19-27-30(37-31)13-14-35-33(27)24-17-23-9-7-8-10-25(23)28(18-24)34(4,5)6;1-7-14(5,8-2)12(16)11-13(17)15(6,9-3)10-4;/h7-14,16,18-20H,15H2,1-6H3;11,16H,7-10H2,1-6H3;/q-1;;/b;12-11-;. The van der Waals surface area contributed by atoms with Gasteiger partial charge in [0.2, 0.25) is 0 Å². The average molecular weight is 919 g/mol. The molecular weight excluding hydrogens is 859 g/mol. The van der Waals surface area contributed by atoms with Crippen LogP contribution in [0.5, 0.6) is 0 Å². The Balaban J connectivity index is 0.000000320. The number of fused-ring (bicyclic) bond motifs is 3. The van der Waals surface area contributed by atoms with Crippen molar-refractivity contribution in [2.45, 2.75) is 121 Å². The number of pyridine rings is 1. The van der Waals surface area contributed by atoms with E-state index >= 15 is 0 Å². The summed E-state index contributed by atoms with van der Waals surface area (Å²) in [5.74, 6) is 2.54. The van der Waals surface area contributed by atoms with Gasteiger partial charge < -0.3 is 13.9 Å². The zero-order valence-electron chi connectivity index (χ0n) is 35.0. The number of aliphatic hydroxyl groups excluding tert-OH is 1. The van der Waals surface area contributed by atoms with E-state index in [1.165, 1.54) is 22.6 Å². The summed E-state index contributed by atoms with van der Waals surface area (Å²) >= 11 is 0. The van der Waals surface area contributed by atoms with Crippen molar-refractivity contribution in [3.05, 3.63) is 102 Å². The van der Waals surface area contributed by atoms with Crippen molar-refractivity contribution < 1.29 is 38.8 Å². The van der Waals surface area contributed by atoms with Gasteiger partial charge in [0.25, 0.3) is 0 Å². The summed E-state index contributed by atoms with van der Waals surface area (Å²) in [5, 5.41) is 14.5. The molecule has 0 atom stereocenters. The molecule has 0 aliphatic heterocycles. The maximum atomic E-state index is 12.2. The predicted molar refractivity (Wildman–Crippen MR) is 226 cm³/mol. The van der Waals surface area contributed by atoms with E-state index in [2.05, 4.69) is 95.3 Å². The van der Waals surface area contributed by atoms with Gasteiger partial charge in [-0.25, -0.2) is 0 Å². The fourth-order valence-corrected chi connectivity index (χ4v) is 7.13. The van der Waals surface area contributed by atoms with Gasteiger partial charge in [-0.2, -0.15) is 0 Å². The molecule has 3 heterocycles. The minimum atomic E-state index is -0.337. The third-order valence-corrected chi connectivity index (χ3v) is 11.7. The molecule has 6 rings (SSSR count). The van der Waals surface area contributed by atoms with Crippen LogP contribution in [-0.4, -0.2) is 15.9 Å². The largest absolute Gasteiger partial charge is 0.512 e. The first kappa shape index (κ1) is 43.7. The van der Waals surface area contributed by atoms with E-state index in [0.717, 1.165) is 87.8 Å². The van der Waals surface area contributed by atoms with Gasteiger partial charge in [0.15, 0.2) is 5.78 Å². The molecule has 0 unspecified atom stereocenters. The van der Waals surface area contributed by atoms with Crippen LogP contribution >= 0.6 is 0 Å². The van der Waals surface area contributed by atoms with Gasteiger partial charge in [0.05, 0.1) is 5.56 Å². The molecule has 295 valence electrons. The summed E-state index contributed by atoms with van der Waals surface area (Å²) in [7, 11) is 0. The number of furan rings is 2. The third kappa shape index (κ3) is 9.19. The second kappa shape index (κ2) is 17.4. The van der Waals surface area contributed by atoms with Crippen molar-refractivity contribution in [1.29, 1.82) is 0 Å². The Bertz CT molecular complexity index is 2290. The number of rotatable bonds is 11. The van der Waals surface area contributed by atoms with E-state index in [0.29, 0.717) is 5.92 Å². The molecule has 0 fully saturated rings. The van der Waals surface area contributed by atoms with Crippen LogP contribution in [0, 0.1) is 29.7 Å². The number of carbonyl (C=O) groups is 1. The van der Waals surface area contributed by atoms with Gasteiger partial charge in [-0.05, 0) is 80.2 Å². The SMILES string of the molecule is CCC(C)(CC)C(=O)/C=C(\O)C(C)(CC)CC.Cc1oc2ccc(CC(C)C)cc2c1-c1cc2c(-c3[c-]c4ccccc4c(C(C)(C)C)c3)nccc2o1.[Ir]. The molecule has 1 N–H and O–H groups in total. The summed E-state index contributed by atoms with van der Waals surface area (Å²) in [6.07, 6.45) is 7.61. The van der Waals surface area contributed by atoms with Crippen LogP contribution in [0.25, 0.3) is 55.3 Å². The molecule has 1 radical (unpaired) electrons. The van der Waals surface area contributed by atoms with Crippen molar-refractivity contribution in [1.82, 2.24) is 4.98 Å². The van der Waals surface area contributed by atoms with E-state index < -0.39 is 0 Å². The summed E-state index contributed by atoms with van der Waals surface area (Å²) in [5.41, 5.74) is 6.55. The first-order chi connectivity index (χ1) is 25.5. The number of hydrogen-bond donors (Lipinski definition) is 1. The molecule has 0 spiro atoms. The molecule has 3 aromatic carbocycles. The Labute approximate surface area is 342 Å². The quantitative estimate of drug-likeness (QED) is 0.0796. The molecule has 3 aromatic heterocycles. The minimum absolute atomic E-state index is 0. The fraction of sp³-hybridized carbons (Fsp3) is 0.429. The molecule has 6 aromatic rings. The number of nitrogens with zero attached hydrogens (tertiary/aromatic N) is 1. The van der Waals surface area contributed by atoms with Gasteiger partial charge in [-0.1, -0.05) is 111 Å².